The molecule has 0 aromatic rings. The quantitative estimate of drug-likeness (QED) is 0.697. The van der Waals surface area contributed by atoms with Crippen molar-refractivity contribution < 1.29 is 14.6 Å². The minimum Gasteiger partial charge on any atom is -0.450 e. The number of esters is 1. The molecular formula is C12H17BrO3. The van der Waals surface area contributed by atoms with Crippen molar-refractivity contribution in [2.24, 2.45) is 5.41 Å². The molecule has 1 N–H and O–H groups in total. The first-order valence-electron chi connectivity index (χ1n) is 5.66. The summed E-state index contributed by atoms with van der Waals surface area (Å²) in [6.07, 6.45) is 4.45. The maximum atomic E-state index is 11.9. The molecule has 1 saturated heterocycles. The topological polar surface area (TPSA) is 46.5 Å². The molecule has 0 unspecified atom stereocenters. The normalized spacial score (nSPS) is 38.1. The van der Waals surface area contributed by atoms with Crippen LogP contribution in [0.3, 0.4) is 0 Å². The van der Waals surface area contributed by atoms with Crippen molar-refractivity contribution >= 4 is 21.9 Å². The SMILES string of the molecule is CC1(C)C[C@@H](O)[C@@]2(CCCC=C2Br)OC1=O. The van der Waals surface area contributed by atoms with E-state index >= 15 is 0 Å². The Balaban J connectivity index is 2.33. The molecule has 90 valence electrons. The molecule has 3 nitrogen and oxygen atoms in total. The lowest BCUT2D eigenvalue weighted by atomic mass is 9.74. The van der Waals surface area contributed by atoms with E-state index in [1.54, 1.807) is 0 Å². The third kappa shape index (κ3) is 1.72. The van der Waals surface area contributed by atoms with E-state index in [4.69, 9.17) is 4.74 Å². The molecule has 4 heteroatoms. The first-order valence-corrected chi connectivity index (χ1v) is 6.45. The van der Waals surface area contributed by atoms with Gasteiger partial charge in [-0.25, -0.2) is 0 Å². The number of allylic oxidation sites excluding steroid dienone is 1. The van der Waals surface area contributed by atoms with Gasteiger partial charge in [-0.15, -0.1) is 0 Å². The molecule has 1 spiro atoms. The molecule has 0 bridgehead atoms. The van der Waals surface area contributed by atoms with Gasteiger partial charge in [-0.1, -0.05) is 22.0 Å². The standard InChI is InChI=1S/C12H17BrO3/c1-11(2)7-9(14)12(16-10(11)15)6-4-3-5-8(12)13/h5,9,14H,3-4,6-7H2,1-2H3/t9-,12+/m1/s1. The molecule has 0 aromatic heterocycles. The van der Waals surface area contributed by atoms with Crippen molar-refractivity contribution in [2.75, 3.05) is 0 Å². The largest absolute Gasteiger partial charge is 0.450 e. The Morgan fingerprint density at radius 1 is 1.56 bits per heavy atom. The van der Waals surface area contributed by atoms with Crippen LogP contribution in [0.25, 0.3) is 0 Å². The highest BCUT2D eigenvalue weighted by Crippen LogP contribution is 2.47. The van der Waals surface area contributed by atoms with Gasteiger partial charge in [-0.3, -0.25) is 4.79 Å². The van der Waals surface area contributed by atoms with Gasteiger partial charge < -0.3 is 9.84 Å². The Bertz CT molecular complexity index is 348. The Morgan fingerprint density at radius 3 is 2.88 bits per heavy atom. The van der Waals surface area contributed by atoms with Gasteiger partial charge in [-0.05, 0) is 39.5 Å². The van der Waals surface area contributed by atoms with Gasteiger partial charge in [-0.2, -0.15) is 0 Å². The van der Waals surface area contributed by atoms with Crippen molar-refractivity contribution in [3.8, 4) is 0 Å². The minimum absolute atomic E-state index is 0.218. The van der Waals surface area contributed by atoms with Gasteiger partial charge in [0.15, 0.2) is 5.60 Å². The third-order valence-electron chi connectivity index (χ3n) is 3.55. The summed E-state index contributed by atoms with van der Waals surface area (Å²) in [5.41, 5.74) is -1.40. The fourth-order valence-corrected chi connectivity index (χ4v) is 3.19. The molecule has 0 radical (unpaired) electrons. The van der Waals surface area contributed by atoms with Gasteiger partial charge in [0.05, 0.1) is 11.5 Å². The average Bonchev–Trinajstić information content (AvgIpc) is 2.19. The van der Waals surface area contributed by atoms with Crippen LogP contribution in [0, 0.1) is 5.41 Å². The highest BCUT2D eigenvalue weighted by atomic mass is 79.9. The van der Waals surface area contributed by atoms with Crippen LogP contribution in [-0.4, -0.2) is 22.8 Å². The maximum absolute atomic E-state index is 11.9. The molecule has 0 saturated carbocycles. The van der Waals surface area contributed by atoms with E-state index in [0.717, 1.165) is 17.3 Å². The molecule has 1 aliphatic carbocycles. The lowest BCUT2D eigenvalue weighted by Crippen LogP contribution is -2.56. The molecule has 1 aliphatic heterocycles. The average molecular weight is 289 g/mol. The second-order valence-electron chi connectivity index (χ2n) is 5.33. The number of aliphatic hydroxyl groups is 1. The van der Waals surface area contributed by atoms with Crippen LogP contribution in [-0.2, 0) is 9.53 Å². The predicted molar refractivity (Wildman–Crippen MR) is 64.1 cm³/mol. The summed E-state index contributed by atoms with van der Waals surface area (Å²) >= 11 is 3.44. The zero-order chi connectivity index (χ0) is 12.0. The maximum Gasteiger partial charge on any atom is 0.312 e. The molecule has 1 heterocycles. The van der Waals surface area contributed by atoms with Crippen LogP contribution in [0.2, 0.25) is 0 Å². The molecule has 16 heavy (non-hydrogen) atoms. The zero-order valence-corrected chi connectivity index (χ0v) is 11.2. The van der Waals surface area contributed by atoms with Gasteiger partial charge in [0.1, 0.15) is 0 Å². The second-order valence-corrected chi connectivity index (χ2v) is 6.18. The number of aliphatic hydroxyl groups excluding tert-OH is 1. The summed E-state index contributed by atoms with van der Waals surface area (Å²) in [7, 11) is 0. The highest BCUT2D eigenvalue weighted by molar-refractivity contribution is 9.11. The summed E-state index contributed by atoms with van der Waals surface area (Å²) < 4.78 is 6.37. The van der Waals surface area contributed by atoms with Gasteiger partial charge in [0.25, 0.3) is 0 Å². The van der Waals surface area contributed by atoms with Crippen molar-refractivity contribution in [3.05, 3.63) is 10.6 Å². The number of hydrogen-bond acceptors (Lipinski definition) is 3. The zero-order valence-electron chi connectivity index (χ0n) is 9.62. The third-order valence-corrected chi connectivity index (χ3v) is 4.54. The summed E-state index contributed by atoms with van der Waals surface area (Å²) in [4.78, 5) is 11.9. The van der Waals surface area contributed by atoms with E-state index in [2.05, 4.69) is 15.9 Å². The Kier molecular flexibility index (Phi) is 2.91. The second kappa shape index (κ2) is 3.84. The van der Waals surface area contributed by atoms with Gasteiger partial charge in [0, 0.05) is 4.48 Å². The van der Waals surface area contributed by atoms with E-state index in [-0.39, 0.29) is 5.97 Å². The lowest BCUT2D eigenvalue weighted by molar-refractivity contribution is -0.197. The molecule has 2 atom stereocenters. The molecule has 2 aliphatic rings. The van der Waals surface area contributed by atoms with Gasteiger partial charge >= 0.3 is 5.97 Å². The Morgan fingerprint density at radius 2 is 2.25 bits per heavy atom. The van der Waals surface area contributed by atoms with Crippen molar-refractivity contribution in [1.82, 2.24) is 0 Å². The van der Waals surface area contributed by atoms with Crippen molar-refractivity contribution in [1.29, 1.82) is 0 Å². The number of rotatable bonds is 0. The number of carbonyl (C=O) groups excluding carboxylic acids is 1. The van der Waals surface area contributed by atoms with E-state index < -0.39 is 17.1 Å². The van der Waals surface area contributed by atoms with Crippen LogP contribution in [0.5, 0.6) is 0 Å². The number of carbonyl (C=O) groups is 1. The van der Waals surface area contributed by atoms with Crippen molar-refractivity contribution in [3.63, 3.8) is 0 Å². The Hall–Kier alpha value is -0.350. The molecule has 1 fully saturated rings. The van der Waals surface area contributed by atoms with Crippen LogP contribution in [0.15, 0.2) is 10.6 Å². The fraction of sp³-hybridized carbons (Fsp3) is 0.750. The fourth-order valence-electron chi connectivity index (χ4n) is 2.41. The van der Waals surface area contributed by atoms with Gasteiger partial charge in [0.2, 0.25) is 0 Å². The molecule has 0 aromatic carbocycles. The van der Waals surface area contributed by atoms with E-state index in [1.807, 2.05) is 19.9 Å². The van der Waals surface area contributed by atoms with Crippen LogP contribution < -0.4 is 0 Å². The van der Waals surface area contributed by atoms with E-state index in [9.17, 15) is 9.90 Å². The molecular weight excluding hydrogens is 272 g/mol. The first-order chi connectivity index (χ1) is 7.38. The summed E-state index contributed by atoms with van der Waals surface area (Å²) in [5, 5.41) is 10.3. The summed E-state index contributed by atoms with van der Waals surface area (Å²) in [5.74, 6) is -0.218. The summed E-state index contributed by atoms with van der Waals surface area (Å²) in [6, 6.07) is 0. The van der Waals surface area contributed by atoms with E-state index in [1.165, 1.54) is 0 Å². The number of ether oxygens (including phenoxy) is 1. The van der Waals surface area contributed by atoms with Crippen LogP contribution in [0.4, 0.5) is 0 Å². The van der Waals surface area contributed by atoms with E-state index in [0.29, 0.717) is 12.8 Å². The molecule has 0 amide bonds. The van der Waals surface area contributed by atoms with Crippen LogP contribution in [0.1, 0.15) is 39.5 Å². The molecule has 2 rings (SSSR count). The number of hydrogen-bond donors (Lipinski definition) is 1. The first kappa shape index (κ1) is 12.1. The van der Waals surface area contributed by atoms with Crippen molar-refractivity contribution in [2.45, 2.75) is 51.2 Å². The van der Waals surface area contributed by atoms with Crippen LogP contribution >= 0.6 is 15.9 Å². The summed E-state index contributed by atoms with van der Waals surface area (Å²) in [6.45, 7) is 3.62. The predicted octanol–water partition coefficient (Wildman–Crippen LogP) is 2.52. The Labute approximate surface area is 104 Å². The lowest BCUT2D eigenvalue weighted by Gasteiger charge is -2.47. The number of halogens is 1. The minimum atomic E-state index is -0.815. The monoisotopic (exact) mass is 288 g/mol. The smallest absolute Gasteiger partial charge is 0.312 e. The highest BCUT2D eigenvalue weighted by Gasteiger charge is 2.53.